The highest BCUT2D eigenvalue weighted by atomic mass is 32.2. The van der Waals surface area contributed by atoms with Crippen molar-refractivity contribution in [3.05, 3.63) is 119 Å². The van der Waals surface area contributed by atoms with Crippen LogP contribution in [0.4, 0.5) is 11.4 Å². The molecule has 2 fully saturated rings. The molecular formula is C46H44N6O10S. The van der Waals surface area contributed by atoms with E-state index in [4.69, 9.17) is 4.74 Å². The Labute approximate surface area is 362 Å². The number of carbonyl (C=O) groups is 6. The van der Waals surface area contributed by atoms with Crippen LogP contribution in [-0.2, 0) is 24.4 Å². The van der Waals surface area contributed by atoms with Gasteiger partial charge in [-0.25, -0.2) is 13.2 Å². The summed E-state index contributed by atoms with van der Waals surface area (Å²) in [6.07, 6.45) is 0.729. The quantitative estimate of drug-likeness (QED) is 0.0881. The molecule has 0 saturated carbocycles. The van der Waals surface area contributed by atoms with Crippen molar-refractivity contribution in [2.45, 2.75) is 37.1 Å². The molecule has 5 aromatic carbocycles. The number of hydrogen-bond donors (Lipinski definition) is 4. The molecule has 1 atom stereocenters. The van der Waals surface area contributed by atoms with E-state index in [-0.39, 0.29) is 52.6 Å². The number of carboxylic acid groups (broad SMARTS) is 1. The van der Waals surface area contributed by atoms with Crippen LogP contribution >= 0.6 is 0 Å². The van der Waals surface area contributed by atoms with Crippen molar-refractivity contribution in [1.82, 2.24) is 20.0 Å². The number of piperidine rings is 1. The first kappa shape index (κ1) is 42.6. The number of piperazine rings is 1. The molecule has 0 aliphatic carbocycles. The van der Waals surface area contributed by atoms with E-state index in [1.807, 2.05) is 43.3 Å². The lowest BCUT2D eigenvalue weighted by molar-refractivity contribution is -0.136. The van der Waals surface area contributed by atoms with E-state index in [1.165, 1.54) is 30.3 Å². The third-order valence-electron chi connectivity index (χ3n) is 11.6. The molecule has 8 rings (SSSR count). The van der Waals surface area contributed by atoms with E-state index in [0.717, 1.165) is 26.8 Å². The van der Waals surface area contributed by atoms with E-state index < -0.39 is 45.7 Å². The lowest BCUT2D eigenvalue weighted by atomic mass is 9.94. The fraction of sp³-hybridized carbons (Fsp3) is 0.261. The average Bonchev–Trinajstić information content (AvgIpc) is 3.53. The van der Waals surface area contributed by atoms with Gasteiger partial charge in [-0.1, -0.05) is 48.5 Å². The van der Waals surface area contributed by atoms with Gasteiger partial charge in [0, 0.05) is 44.8 Å². The van der Waals surface area contributed by atoms with Gasteiger partial charge in [0.15, 0.2) is 0 Å². The van der Waals surface area contributed by atoms with Crippen LogP contribution in [0.25, 0.3) is 21.9 Å². The zero-order valence-corrected chi connectivity index (χ0v) is 35.1. The molecule has 63 heavy (non-hydrogen) atoms. The Morgan fingerprint density at radius 1 is 0.825 bits per heavy atom. The Morgan fingerprint density at radius 3 is 2.30 bits per heavy atom. The van der Waals surface area contributed by atoms with Crippen LogP contribution in [0, 0.1) is 6.92 Å². The lowest BCUT2D eigenvalue weighted by Gasteiger charge is -2.34. The third-order valence-corrected chi connectivity index (χ3v) is 13.0. The Bertz CT molecular complexity index is 2790. The number of sulfonamides is 1. The van der Waals surface area contributed by atoms with Crippen LogP contribution < -0.4 is 20.1 Å². The predicted octanol–water partition coefficient (Wildman–Crippen LogP) is 4.74. The van der Waals surface area contributed by atoms with Gasteiger partial charge in [0.2, 0.25) is 17.7 Å². The monoisotopic (exact) mass is 872 g/mol. The summed E-state index contributed by atoms with van der Waals surface area (Å²) in [6, 6.07) is 25.9. The molecule has 0 bridgehead atoms. The van der Waals surface area contributed by atoms with Crippen LogP contribution in [0.3, 0.4) is 0 Å². The van der Waals surface area contributed by atoms with Crippen LogP contribution in [0.15, 0.2) is 102 Å². The normalized spacial score (nSPS) is 16.8. The summed E-state index contributed by atoms with van der Waals surface area (Å²) in [6.45, 7) is 5.20. The van der Waals surface area contributed by atoms with Crippen molar-refractivity contribution in [2.75, 3.05) is 55.9 Å². The number of fused-ring (bicyclic) bond motifs is 2. The summed E-state index contributed by atoms with van der Waals surface area (Å²) in [5.74, 6) is -3.41. The van der Waals surface area contributed by atoms with Gasteiger partial charge >= 0.3 is 5.97 Å². The average molecular weight is 873 g/mol. The second-order valence-electron chi connectivity index (χ2n) is 15.6. The molecule has 1 unspecified atom stereocenters. The number of rotatable bonds is 14. The highest BCUT2D eigenvalue weighted by Crippen LogP contribution is 2.35. The topological polar surface area (TPSA) is 212 Å². The number of imide groups is 2. The lowest BCUT2D eigenvalue weighted by Crippen LogP contribution is -2.54. The van der Waals surface area contributed by atoms with Crippen molar-refractivity contribution in [3.8, 4) is 16.9 Å². The zero-order chi connectivity index (χ0) is 44.4. The van der Waals surface area contributed by atoms with Crippen molar-refractivity contribution in [2.24, 2.45) is 0 Å². The fourth-order valence-corrected chi connectivity index (χ4v) is 9.32. The first-order valence-electron chi connectivity index (χ1n) is 20.5. The number of anilines is 2. The molecule has 0 aromatic heterocycles. The number of nitrogens with one attached hydrogen (secondary N) is 3. The van der Waals surface area contributed by atoms with Crippen molar-refractivity contribution < 1.29 is 47.0 Å². The summed E-state index contributed by atoms with van der Waals surface area (Å²) in [5, 5.41) is 17.1. The molecule has 324 valence electrons. The molecule has 3 aliphatic rings. The number of carbonyl (C=O) groups excluding carboxylic acids is 5. The van der Waals surface area contributed by atoms with Crippen molar-refractivity contribution in [1.29, 1.82) is 0 Å². The Hall–Kier alpha value is -7.11. The van der Waals surface area contributed by atoms with E-state index in [2.05, 4.69) is 20.3 Å². The first-order valence-corrected chi connectivity index (χ1v) is 22.0. The minimum atomic E-state index is -4.17. The second kappa shape index (κ2) is 17.7. The summed E-state index contributed by atoms with van der Waals surface area (Å²) >= 11 is 0. The van der Waals surface area contributed by atoms with E-state index in [0.29, 0.717) is 62.8 Å². The van der Waals surface area contributed by atoms with E-state index >= 15 is 0 Å². The minimum Gasteiger partial charge on any atom is -0.494 e. The van der Waals surface area contributed by atoms with Crippen LogP contribution in [0.2, 0.25) is 0 Å². The maximum absolute atomic E-state index is 13.5. The predicted molar refractivity (Wildman–Crippen MR) is 233 cm³/mol. The van der Waals surface area contributed by atoms with Gasteiger partial charge in [0.1, 0.15) is 11.8 Å². The fourth-order valence-electron chi connectivity index (χ4n) is 8.25. The van der Waals surface area contributed by atoms with Gasteiger partial charge in [-0.3, -0.25) is 43.8 Å². The molecule has 3 heterocycles. The van der Waals surface area contributed by atoms with Gasteiger partial charge in [0.25, 0.3) is 21.8 Å². The van der Waals surface area contributed by atoms with Gasteiger partial charge in [-0.15, -0.1) is 0 Å². The van der Waals surface area contributed by atoms with Crippen LogP contribution in [-0.4, -0.2) is 116 Å². The van der Waals surface area contributed by atoms with Crippen molar-refractivity contribution >= 4 is 67.7 Å². The molecule has 17 heteroatoms. The third kappa shape index (κ3) is 8.83. The molecule has 0 radical (unpaired) electrons. The number of aryl methyl sites for hydroxylation is 1. The Balaban J connectivity index is 0.798. The first-order chi connectivity index (χ1) is 30.3. The largest absolute Gasteiger partial charge is 0.494 e. The molecule has 5 aromatic rings. The Morgan fingerprint density at radius 2 is 1.57 bits per heavy atom. The number of carboxylic acids is 1. The molecule has 0 spiro atoms. The SMILES string of the molecule is Cc1ccc(-c2ccc(C(=O)O)c(NS(=O)(=O)c3ccc(OCCCN4CCN(C(=O)CNc5cccc6c5C(=O)N(C5CCC(=O)NC5=O)C6=O)CC4)cc3)c2)c2ccccc12. The standard InChI is InChI=1S/C46H44N6O10S/c1-28-10-16-33(34-7-3-2-6-32(28)34)29-11-17-35(46(58)59)38(26-29)49-63(60,61)31-14-12-30(13-15-31)62-25-5-20-50-21-23-51(24-22-50)41(54)27-47-37-9-4-8-36-42(37)45(57)52(44(36)56)39-18-19-40(53)48-43(39)55/h2-4,6-17,26,39,47,49H,5,18-25,27H2,1H3,(H,58,59)(H,48,53,55). The summed E-state index contributed by atoms with van der Waals surface area (Å²) in [7, 11) is -4.17. The summed E-state index contributed by atoms with van der Waals surface area (Å²) in [4.78, 5) is 80.7. The van der Waals surface area contributed by atoms with Gasteiger partial charge in [-0.2, -0.15) is 0 Å². The maximum atomic E-state index is 13.5. The van der Waals surface area contributed by atoms with E-state index in [9.17, 15) is 42.3 Å². The summed E-state index contributed by atoms with van der Waals surface area (Å²) in [5.41, 5.74) is 2.87. The van der Waals surface area contributed by atoms with Crippen LogP contribution in [0.1, 0.15) is 55.9 Å². The van der Waals surface area contributed by atoms with Crippen LogP contribution in [0.5, 0.6) is 5.75 Å². The second-order valence-corrected chi connectivity index (χ2v) is 17.3. The highest BCUT2D eigenvalue weighted by molar-refractivity contribution is 7.92. The number of hydrogen-bond acceptors (Lipinski definition) is 11. The minimum absolute atomic E-state index is 0.0144. The molecule has 16 nitrogen and oxygen atoms in total. The van der Waals surface area contributed by atoms with Gasteiger partial charge in [0.05, 0.1) is 40.4 Å². The molecular weight excluding hydrogens is 829 g/mol. The number of nitrogens with zero attached hydrogens (tertiary/aromatic N) is 3. The molecule has 4 N–H and O–H groups in total. The molecule has 2 saturated heterocycles. The van der Waals surface area contributed by atoms with E-state index in [1.54, 1.807) is 35.2 Å². The zero-order valence-electron chi connectivity index (χ0n) is 34.3. The molecule has 3 aliphatic heterocycles. The van der Waals surface area contributed by atoms with Crippen molar-refractivity contribution in [3.63, 3.8) is 0 Å². The number of aromatic carboxylic acids is 1. The number of ether oxygens (including phenoxy) is 1. The maximum Gasteiger partial charge on any atom is 0.337 e. The smallest absolute Gasteiger partial charge is 0.337 e. The Kier molecular flexibility index (Phi) is 12.0. The number of benzene rings is 5. The molecule has 5 amide bonds. The summed E-state index contributed by atoms with van der Waals surface area (Å²) < 4.78 is 35.4. The highest BCUT2D eigenvalue weighted by Gasteiger charge is 2.45. The van der Waals surface area contributed by atoms with Gasteiger partial charge in [-0.05, 0) is 95.8 Å². The number of amides is 5. The van der Waals surface area contributed by atoms with Gasteiger partial charge < -0.3 is 20.1 Å².